The van der Waals surface area contributed by atoms with Crippen LogP contribution in [0.2, 0.25) is 0 Å². The number of aryl methyl sites for hydroxylation is 1. The monoisotopic (exact) mass is 256 g/mol. The summed E-state index contributed by atoms with van der Waals surface area (Å²) in [6.07, 6.45) is 0. The quantitative estimate of drug-likeness (QED) is 0.705. The number of nitrogens with zero attached hydrogens (tertiary/aromatic N) is 1. The number of ether oxygens (including phenoxy) is 1. The second-order valence-corrected chi connectivity index (χ2v) is 5.06. The molecule has 1 heterocycles. The van der Waals surface area contributed by atoms with E-state index < -0.39 is 0 Å². The number of nitrogens with two attached hydrogens (primary N) is 1. The Morgan fingerprint density at radius 1 is 1.17 bits per heavy atom. The predicted octanol–water partition coefficient (Wildman–Crippen LogP) is 3.98. The van der Waals surface area contributed by atoms with E-state index in [1.165, 1.54) is 11.3 Å². The highest BCUT2D eigenvalue weighted by Gasteiger charge is 2.06. The van der Waals surface area contributed by atoms with Gasteiger partial charge in [0.25, 0.3) is 5.19 Å². The fourth-order valence-corrected chi connectivity index (χ4v) is 2.51. The lowest BCUT2D eigenvalue weighted by Crippen LogP contribution is -1.90. The lowest BCUT2D eigenvalue weighted by molar-refractivity contribution is 0.480. The van der Waals surface area contributed by atoms with Crippen molar-refractivity contribution in [2.75, 3.05) is 5.73 Å². The number of benzene rings is 2. The minimum atomic E-state index is 0.638. The predicted molar refractivity (Wildman–Crippen MR) is 75.3 cm³/mol. The molecule has 1 aromatic heterocycles. The Hall–Kier alpha value is -2.07. The molecule has 0 radical (unpaired) electrons. The van der Waals surface area contributed by atoms with E-state index in [0.717, 1.165) is 27.2 Å². The first-order chi connectivity index (χ1) is 8.72. The van der Waals surface area contributed by atoms with Crippen molar-refractivity contribution in [1.29, 1.82) is 0 Å². The van der Waals surface area contributed by atoms with Crippen LogP contribution in [0.3, 0.4) is 0 Å². The van der Waals surface area contributed by atoms with Gasteiger partial charge in [-0.05, 0) is 30.7 Å². The van der Waals surface area contributed by atoms with Crippen molar-refractivity contribution in [3.8, 4) is 10.9 Å². The van der Waals surface area contributed by atoms with Gasteiger partial charge in [0, 0.05) is 11.8 Å². The van der Waals surface area contributed by atoms with Crippen molar-refractivity contribution in [2.24, 2.45) is 0 Å². The maximum atomic E-state index is 5.85. The van der Waals surface area contributed by atoms with Gasteiger partial charge in [0.2, 0.25) is 0 Å². The molecule has 0 aliphatic heterocycles. The zero-order valence-corrected chi connectivity index (χ0v) is 10.7. The Morgan fingerprint density at radius 3 is 2.78 bits per heavy atom. The summed E-state index contributed by atoms with van der Waals surface area (Å²) < 4.78 is 6.84. The van der Waals surface area contributed by atoms with Gasteiger partial charge in [0.05, 0.1) is 10.2 Å². The first-order valence-corrected chi connectivity index (χ1v) is 6.43. The summed E-state index contributed by atoms with van der Waals surface area (Å²) >= 11 is 1.53. The molecule has 3 aromatic rings. The van der Waals surface area contributed by atoms with Gasteiger partial charge < -0.3 is 10.5 Å². The maximum absolute atomic E-state index is 5.85. The summed E-state index contributed by atoms with van der Waals surface area (Å²) in [7, 11) is 0. The summed E-state index contributed by atoms with van der Waals surface area (Å²) in [5, 5.41) is 0.638. The van der Waals surface area contributed by atoms with Crippen molar-refractivity contribution in [3.05, 3.63) is 48.0 Å². The molecule has 0 bridgehead atoms. The van der Waals surface area contributed by atoms with Gasteiger partial charge in [0.15, 0.2) is 0 Å². The number of hydrogen-bond donors (Lipinski definition) is 1. The van der Waals surface area contributed by atoms with Crippen LogP contribution in [0.25, 0.3) is 10.2 Å². The van der Waals surface area contributed by atoms with Gasteiger partial charge in [-0.15, -0.1) is 0 Å². The molecule has 0 aliphatic carbocycles. The van der Waals surface area contributed by atoms with Crippen LogP contribution in [0, 0.1) is 6.92 Å². The van der Waals surface area contributed by atoms with Crippen LogP contribution < -0.4 is 10.5 Å². The molecule has 0 aliphatic rings. The van der Waals surface area contributed by atoms with E-state index in [2.05, 4.69) is 4.98 Å². The molecule has 0 unspecified atom stereocenters. The second kappa shape index (κ2) is 4.31. The Kier molecular flexibility index (Phi) is 2.64. The minimum absolute atomic E-state index is 0.638. The average Bonchev–Trinajstić information content (AvgIpc) is 2.76. The molecule has 2 N–H and O–H groups in total. The zero-order chi connectivity index (χ0) is 12.5. The molecule has 4 heteroatoms. The number of fused-ring (bicyclic) bond motifs is 1. The highest BCUT2D eigenvalue weighted by atomic mass is 32.1. The summed E-state index contributed by atoms with van der Waals surface area (Å²) in [6, 6.07) is 13.6. The highest BCUT2D eigenvalue weighted by molar-refractivity contribution is 7.20. The molecule has 18 heavy (non-hydrogen) atoms. The SMILES string of the molecule is Cc1ccc(Oc2nc3ccccc3s2)cc1N. The molecule has 0 fully saturated rings. The fraction of sp³-hybridized carbons (Fsp3) is 0.0714. The van der Waals surface area contributed by atoms with E-state index in [1.807, 2.05) is 49.4 Å². The molecular formula is C14H12N2OS. The van der Waals surface area contributed by atoms with Gasteiger partial charge >= 0.3 is 0 Å². The molecule has 3 nitrogen and oxygen atoms in total. The van der Waals surface area contributed by atoms with Gasteiger partial charge in [-0.25, -0.2) is 4.98 Å². The molecule has 0 saturated heterocycles. The van der Waals surface area contributed by atoms with Gasteiger partial charge in [0.1, 0.15) is 5.75 Å². The Bertz CT molecular complexity index is 673. The van der Waals surface area contributed by atoms with E-state index in [1.54, 1.807) is 0 Å². The van der Waals surface area contributed by atoms with Crippen LogP contribution in [0.1, 0.15) is 5.56 Å². The van der Waals surface area contributed by atoms with E-state index in [0.29, 0.717) is 5.19 Å². The van der Waals surface area contributed by atoms with Crippen LogP contribution in [0.15, 0.2) is 42.5 Å². The Labute approximate surface area is 109 Å². The van der Waals surface area contributed by atoms with Crippen LogP contribution in [-0.4, -0.2) is 4.98 Å². The molecule has 3 rings (SSSR count). The van der Waals surface area contributed by atoms with Gasteiger partial charge in [-0.1, -0.05) is 29.5 Å². The molecular weight excluding hydrogens is 244 g/mol. The number of para-hydroxylation sites is 1. The number of hydrogen-bond acceptors (Lipinski definition) is 4. The number of nitrogen functional groups attached to an aromatic ring is 1. The van der Waals surface area contributed by atoms with Crippen LogP contribution in [-0.2, 0) is 0 Å². The lowest BCUT2D eigenvalue weighted by atomic mass is 10.2. The van der Waals surface area contributed by atoms with Crippen molar-refractivity contribution in [2.45, 2.75) is 6.92 Å². The standard InChI is InChI=1S/C14H12N2OS/c1-9-6-7-10(8-11(9)15)17-14-16-12-4-2-3-5-13(12)18-14/h2-8H,15H2,1H3. The number of aromatic nitrogens is 1. The van der Waals surface area contributed by atoms with E-state index >= 15 is 0 Å². The summed E-state index contributed by atoms with van der Waals surface area (Å²) in [4.78, 5) is 4.42. The summed E-state index contributed by atoms with van der Waals surface area (Å²) in [5.74, 6) is 0.720. The first kappa shape index (κ1) is 11.0. The number of rotatable bonds is 2. The third kappa shape index (κ3) is 2.02. The molecule has 0 spiro atoms. The average molecular weight is 256 g/mol. The fourth-order valence-electron chi connectivity index (χ4n) is 1.68. The van der Waals surface area contributed by atoms with Crippen molar-refractivity contribution in [3.63, 3.8) is 0 Å². The largest absolute Gasteiger partial charge is 0.431 e. The minimum Gasteiger partial charge on any atom is -0.431 e. The van der Waals surface area contributed by atoms with Gasteiger partial charge in [-0.3, -0.25) is 0 Å². The van der Waals surface area contributed by atoms with Crippen molar-refractivity contribution >= 4 is 27.2 Å². The zero-order valence-electron chi connectivity index (χ0n) is 9.88. The van der Waals surface area contributed by atoms with Crippen molar-refractivity contribution < 1.29 is 4.74 Å². The molecule has 0 saturated carbocycles. The third-order valence-electron chi connectivity index (χ3n) is 2.73. The normalized spacial score (nSPS) is 10.7. The first-order valence-electron chi connectivity index (χ1n) is 5.62. The Balaban J connectivity index is 1.93. The topological polar surface area (TPSA) is 48.1 Å². The maximum Gasteiger partial charge on any atom is 0.279 e. The Morgan fingerprint density at radius 2 is 2.00 bits per heavy atom. The van der Waals surface area contributed by atoms with Crippen LogP contribution in [0.5, 0.6) is 10.9 Å². The van der Waals surface area contributed by atoms with E-state index in [4.69, 9.17) is 10.5 Å². The van der Waals surface area contributed by atoms with E-state index in [-0.39, 0.29) is 0 Å². The summed E-state index contributed by atoms with van der Waals surface area (Å²) in [6.45, 7) is 1.97. The van der Waals surface area contributed by atoms with E-state index in [9.17, 15) is 0 Å². The molecule has 0 amide bonds. The lowest BCUT2D eigenvalue weighted by Gasteiger charge is -2.04. The van der Waals surface area contributed by atoms with Gasteiger partial charge in [-0.2, -0.15) is 0 Å². The van der Waals surface area contributed by atoms with Crippen molar-refractivity contribution in [1.82, 2.24) is 4.98 Å². The smallest absolute Gasteiger partial charge is 0.279 e. The second-order valence-electron chi connectivity index (χ2n) is 4.07. The summed E-state index contributed by atoms with van der Waals surface area (Å²) in [5.41, 5.74) is 8.59. The number of thiazole rings is 1. The molecule has 0 atom stereocenters. The van der Waals surface area contributed by atoms with Crippen LogP contribution in [0.4, 0.5) is 5.69 Å². The number of anilines is 1. The van der Waals surface area contributed by atoms with Crippen LogP contribution >= 0.6 is 11.3 Å². The molecule has 90 valence electrons. The third-order valence-corrected chi connectivity index (χ3v) is 3.64. The highest BCUT2D eigenvalue weighted by Crippen LogP contribution is 2.32. The molecule has 2 aromatic carbocycles.